The second-order valence-electron chi connectivity index (χ2n) is 6.43. The highest BCUT2D eigenvalue weighted by molar-refractivity contribution is 6.31. The zero-order valence-corrected chi connectivity index (χ0v) is 15.2. The van der Waals surface area contributed by atoms with Crippen molar-refractivity contribution in [3.8, 4) is 0 Å². The molecular formula is C18H24ClN5O. The monoisotopic (exact) mass is 361 g/mol. The molecule has 0 saturated carbocycles. The second kappa shape index (κ2) is 8.47. The number of piperazine rings is 1. The molecule has 1 saturated heterocycles. The fraction of sp³-hybridized carbons (Fsp3) is 0.444. The Morgan fingerprint density at radius 1 is 1.20 bits per heavy atom. The molecule has 1 fully saturated rings. The number of carbonyl (C=O) groups excluding carboxylic acids is 1. The SMILES string of the molecule is Cc1ccc(NC(=O)CN2CCN(CCn3ccnc3)CC2)cc1Cl. The van der Waals surface area contributed by atoms with E-state index in [0.29, 0.717) is 11.6 Å². The number of aryl methyl sites for hydroxylation is 1. The molecule has 6 nitrogen and oxygen atoms in total. The third kappa shape index (κ3) is 5.29. The number of rotatable bonds is 6. The van der Waals surface area contributed by atoms with Gasteiger partial charge in [0.05, 0.1) is 12.9 Å². The smallest absolute Gasteiger partial charge is 0.238 e. The summed E-state index contributed by atoms with van der Waals surface area (Å²) in [6.45, 7) is 8.11. The standard InChI is InChI=1S/C18H24ClN5O/c1-15-2-3-16(12-17(15)19)21-18(25)13-23-9-6-22(7-10-23)8-11-24-5-4-20-14-24/h2-5,12,14H,6-11,13H2,1H3,(H,21,25). The van der Waals surface area contributed by atoms with Crippen LogP contribution < -0.4 is 5.32 Å². The number of anilines is 1. The average Bonchev–Trinajstić information content (AvgIpc) is 3.11. The van der Waals surface area contributed by atoms with Gasteiger partial charge in [0.2, 0.25) is 5.91 Å². The second-order valence-corrected chi connectivity index (χ2v) is 6.84. The van der Waals surface area contributed by atoms with Crippen molar-refractivity contribution in [3.63, 3.8) is 0 Å². The molecule has 1 aliphatic heterocycles. The Morgan fingerprint density at radius 3 is 2.64 bits per heavy atom. The van der Waals surface area contributed by atoms with Gasteiger partial charge in [-0.2, -0.15) is 0 Å². The van der Waals surface area contributed by atoms with Gasteiger partial charge in [-0.15, -0.1) is 0 Å². The Hall–Kier alpha value is -1.89. The molecule has 0 spiro atoms. The molecule has 1 aliphatic rings. The molecule has 0 aliphatic carbocycles. The first-order valence-electron chi connectivity index (χ1n) is 8.56. The van der Waals surface area contributed by atoms with E-state index >= 15 is 0 Å². The maximum atomic E-state index is 12.2. The molecule has 2 aromatic rings. The van der Waals surface area contributed by atoms with Gasteiger partial charge in [0.15, 0.2) is 0 Å². The first-order valence-corrected chi connectivity index (χ1v) is 8.94. The van der Waals surface area contributed by atoms with Crippen LogP contribution in [0, 0.1) is 6.92 Å². The van der Waals surface area contributed by atoms with E-state index in [-0.39, 0.29) is 5.91 Å². The molecule has 7 heteroatoms. The van der Waals surface area contributed by atoms with E-state index in [9.17, 15) is 4.79 Å². The molecule has 1 aromatic heterocycles. The lowest BCUT2D eigenvalue weighted by molar-refractivity contribution is -0.117. The Labute approximate surface area is 153 Å². The molecule has 134 valence electrons. The van der Waals surface area contributed by atoms with Crippen molar-refractivity contribution in [2.75, 3.05) is 44.6 Å². The highest BCUT2D eigenvalue weighted by atomic mass is 35.5. The van der Waals surface area contributed by atoms with Crippen LogP contribution in [-0.2, 0) is 11.3 Å². The minimum absolute atomic E-state index is 0.00628. The lowest BCUT2D eigenvalue weighted by Gasteiger charge is -2.34. The lowest BCUT2D eigenvalue weighted by Crippen LogP contribution is -2.49. The van der Waals surface area contributed by atoms with Crippen molar-refractivity contribution >= 4 is 23.2 Å². The van der Waals surface area contributed by atoms with E-state index in [2.05, 4.69) is 24.7 Å². The van der Waals surface area contributed by atoms with Crippen LogP contribution in [0.15, 0.2) is 36.9 Å². The minimum atomic E-state index is 0.00628. The van der Waals surface area contributed by atoms with Crippen LogP contribution in [0.1, 0.15) is 5.56 Å². The number of aromatic nitrogens is 2. The summed E-state index contributed by atoms with van der Waals surface area (Å²) in [7, 11) is 0. The van der Waals surface area contributed by atoms with E-state index < -0.39 is 0 Å². The Morgan fingerprint density at radius 2 is 1.96 bits per heavy atom. The highest BCUT2D eigenvalue weighted by Gasteiger charge is 2.18. The molecule has 0 atom stereocenters. The van der Waals surface area contributed by atoms with Crippen molar-refractivity contribution in [1.82, 2.24) is 19.4 Å². The van der Waals surface area contributed by atoms with Crippen molar-refractivity contribution < 1.29 is 4.79 Å². The molecule has 3 rings (SSSR count). The molecular weight excluding hydrogens is 338 g/mol. The number of hydrogen-bond acceptors (Lipinski definition) is 4. The average molecular weight is 362 g/mol. The van der Waals surface area contributed by atoms with E-state index in [1.54, 1.807) is 12.3 Å². The molecule has 1 amide bonds. The summed E-state index contributed by atoms with van der Waals surface area (Å²) in [5, 5.41) is 3.59. The topological polar surface area (TPSA) is 53.4 Å². The van der Waals surface area contributed by atoms with Gasteiger partial charge in [0.25, 0.3) is 0 Å². The third-order valence-electron chi connectivity index (χ3n) is 4.52. The first kappa shape index (κ1) is 17.9. The van der Waals surface area contributed by atoms with Crippen molar-refractivity contribution in [3.05, 3.63) is 47.5 Å². The van der Waals surface area contributed by atoms with Gasteiger partial charge < -0.3 is 9.88 Å². The Balaban J connectivity index is 1.39. The fourth-order valence-corrected chi connectivity index (χ4v) is 3.10. The summed E-state index contributed by atoms with van der Waals surface area (Å²) in [5.41, 5.74) is 1.76. The van der Waals surface area contributed by atoms with Crippen LogP contribution >= 0.6 is 11.6 Å². The molecule has 1 aromatic carbocycles. The number of carbonyl (C=O) groups is 1. The van der Waals surface area contributed by atoms with Gasteiger partial charge >= 0.3 is 0 Å². The van der Waals surface area contributed by atoms with E-state index in [1.165, 1.54) is 0 Å². The predicted molar refractivity (Wildman–Crippen MR) is 99.9 cm³/mol. The van der Waals surface area contributed by atoms with Crippen LogP contribution in [-0.4, -0.2) is 64.5 Å². The normalized spacial score (nSPS) is 16.1. The largest absolute Gasteiger partial charge is 0.336 e. The number of halogens is 1. The number of nitrogens with zero attached hydrogens (tertiary/aromatic N) is 4. The summed E-state index contributed by atoms with van der Waals surface area (Å²) in [5.74, 6) is 0.00628. The maximum absolute atomic E-state index is 12.2. The van der Waals surface area contributed by atoms with Gasteiger partial charge in [-0.1, -0.05) is 17.7 Å². The van der Waals surface area contributed by atoms with E-state index in [1.807, 2.05) is 31.6 Å². The number of hydrogen-bond donors (Lipinski definition) is 1. The number of benzene rings is 1. The number of imidazole rings is 1. The summed E-state index contributed by atoms with van der Waals surface area (Å²) in [6, 6.07) is 5.59. The Kier molecular flexibility index (Phi) is 6.07. The van der Waals surface area contributed by atoms with E-state index in [0.717, 1.165) is 50.5 Å². The van der Waals surface area contributed by atoms with Crippen molar-refractivity contribution in [1.29, 1.82) is 0 Å². The van der Waals surface area contributed by atoms with Crippen LogP contribution in [0.4, 0.5) is 5.69 Å². The summed E-state index contributed by atoms with van der Waals surface area (Å²) in [6.07, 6.45) is 5.63. The first-order chi connectivity index (χ1) is 12.1. The van der Waals surface area contributed by atoms with Crippen LogP contribution in [0.25, 0.3) is 0 Å². The van der Waals surface area contributed by atoms with Gasteiger partial charge in [-0.05, 0) is 24.6 Å². The molecule has 25 heavy (non-hydrogen) atoms. The zero-order chi connectivity index (χ0) is 17.6. The number of nitrogens with one attached hydrogen (secondary N) is 1. The molecule has 0 unspecified atom stereocenters. The van der Waals surface area contributed by atoms with Crippen LogP contribution in [0.2, 0.25) is 5.02 Å². The minimum Gasteiger partial charge on any atom is -0.336 e. The van der Waals surface area contributed by atoms with Gasteiger partial charge in [-0.3, -0.25) is 14.6 Å². The number of amides is 1. The summed E-state index contributed by atoms with van der Waals surface area (Å²) < 4.78 is 2.09. The van der Waals surface area contributed by atoms with Crippen molar-refractivity contribution in [2.24, 2.45) is 0 Å². The molecule has 2 heterocycles. The molecule has 1 N–H and O–H groups in total. The zero-order valence-electron chi connectivity index (χ0n) is 14.5. The van der Waals surface area contributed by atoms with Crippen LogP contribution in [0.3, 0.4) is 0 Å². The van der Waals surface area contributed by atoms with Gasteiger partial charge in [-0.25, -0.2) is 4.98 Å². The predicted octanol–water partition coefficient (Wildman–Crippen LogP) is 2.10. The van der Waals surface area contributed by atoms with Gasteiger partial charge in [0, 0.05) is 62.4 Å². The van der Waals surface area contributed by atoms with Gasteiger partial charge in [0.1, 0.15) is 0 Å². The quantitative estimate of drug-likeness (QED) is 0.856. The maximum Gasteiger partial charge on any atom is 0.238 e. The lowest BCUT2D eigenvalue weighted by atomic mass is 10.2. The third-order valence-corrected chi connectivity index (χ3v) is 4.93. The van der Waals surface area contributed by atoms with Crippen LogP contribution in [0.5, 0.6) is 0 Å². The Bertz CT molecular complexity index is 695. The van der Waals surface area contributed by atoms with Crippen molar-refractivity contribution in [2.45, 2.75) is 13.5 Å². The highest BCUT2D eigenvalue weighted by Crippen LogP contribution is 2.19. The molecule has 0 bridgehead atoms. The summed E-state index contributed by atoms with van der Waals surface area (Å²) in [4.78, 5) is 20.9. The summed E-state index contributed by atoms with van der Waals surface area (Å²) >= 11 is 6.10. The van der Waals surface area contributed by atoms with E-state index in [4.69, 9.17) is 11.6 Å². The molecule has 0 radical (unpaired) electrons. The fourth-order valence-electron chi connectivity index (χ4n) is 2.92.